The lowest BCUT2D eigenvalue weighted by atomic mass is 10.2. The Morgan fingerprint density at radius 2 is 1.82 bits per heavy atom. The third kappa shape index (κ3) is 2.47. The molecular weight excluding hydrogens is 214 g/mol. The van der Waals surface area contributed by atoms with Gasteiger partial charge >= 0.3 is 0 Å². The molecule has 0 saturated heterocycles. The van der Waals surface area contributed by atoms with Crippen molar-refractivity contribution in [2.75, 3.05) is 24.8 Å². The predicted molar refractivity (Wildman–Crippen MR) is 69.7 cm³/mol. The number of pyridine rings is 1. The highest BCUT2D eigenvalue weighted by molar-refractivity contribution is 5.61. The van der Waals surface area contributed by atoms with E-state index >= 15 is 0 Å². The first-order chi connectivity index (χ1) is 8.20. The van der Waals surface area contributed by atoms with Gasteiger partial charge in [-0.25, -0.2) is 4.98 Å². The van der Waals surface area contributed by atoms with Gasteiger partial charge in [-0.1, -0.05) is 6.07 Å². The summed E-state index contributed by atoms with van der Waals surface area (Å²) in [4.78, 5) is 6.23. The second kappa shape index (κ2) is 4.74. The summed E-state index contributed by atoms with van der Waals surface area (Å²) in [6.45, 7) is 0. The number of nitrogens with zero attached hydrogens (tertiary/aromatic N) is 2. The first-order valence-electron chi connectivity index (χ1n) is 5.31. The maximum Gasteiger partial charge on any atom is 0.135 e. The molecule has 0 radical (unpaired) electrons. The average molecular weight is 229 g/mol. The Balaban J connectivity index is 2.27. The summed E-state index contributed by atoms with van der Waals surface area (Å²) >= 11 is 0. The van der Waals surface area contributed by atoms with Gasteiger partial charge in [0.15, 0.2) is 0 Å². The fourth-order valence-electron chi connectivity index (χ4n) is 1.56. The van der Waals surface area contributed by atoms with Crippen LogP contribution in [0.2, 0.25) is 0 Å². The largest absolute Gasteiger partial charge is 0.497 e. The second-order valence-electron chi connectivity index (χ2n) is 3.68. The van der Waals surface area contributed by atoms with E-state index in [1.54, 1.807) is 13.2 Å². The summed E-state index contributed by atoms with van der Waals surface area (Å²) in [7, 11) is 3.60. The molecule has 17 heavy (non-hydrogen) atoms. The van der Waals surface area contributed by atoms with Gasteiger partial charge in [-0.15, -0.1) is 0 Å². The minimum absolute atomic E-state index is 0.517. The Labute approximate surface area is 101 Å². The Morgan fingerprint density at radius 3 is 2.41 bits per heavy atom. The molecule has 0 fully saturated rings. The molecule has 88 valence electrons. The van der Waals surface area contributed by atoms with Gasteiger partial charge in [-0.2, -0.15) is 0 Å². The number of rotatable bonds is 3. The van der Waals surface area contributed by atoms with Crippen molar-refractivity contribution in [3.63, 3.8) is 0 Å². The quantitative estimate of drug-likeness (QED) is 0.878. The summed E-state index contributed by atoms with van der Waals surface area (Å²) in [5.74, 6) is 2.17. The van der Waals surface area contributed by atoms with E-state index in [1.165, 1.54) is 0 Å². The number of anilines is 3. The van der Waals surface area contributed by atoms with Gasteiger partial charge in [0.25, 0.3) is 0 Å². The van der Waals surface area contributed by atoms with Gasteiger partial charge in [0, 0.05) is 12.7 Å². The molecule has 0 unspecified atom stereocenters. The maximum atomic E-state index is 5.66. The summed E-state index contributed by atoms with van der Waals surface area (Å²) in [5, 5.41) is 0. The summed E-state index contributed by atoms with van der Waals surface area (Å²) in [6, 6.07) is 13.4. The van der Waals surface area contributed by atoms with Gasteiger partial charge < -0.3 is 15.4 Å². The van der Waals surface area contributed by atoms with Crippen molar-refractivity contribution in [3.8, 4) is 5.75 Å². The molecule has 1 heterocycles. The Bertz CT molecular complexity index is 496. The molecule has 0 aliphatic heterocycles. The molecule has 2 N–H and O–H groups in total. The summed E-state index contributed by atoms with van der Waals surface area (Å²) in [6.07, 6.45) is 0. The van der Waals surface area contributed by atoms with Crippen molar-refractivity contribution < 1.29 is 4.74 Å². The third-order valence-corrected chi connectivity index (χ3v) is 2.56. The number of benzene rings is 1. The fraction of sp³-hybridized carbons (Fsp3) is 0.154. The molecule has 1 aromatic heterocycles. The number of nitrogen functional groups attached to an aromatic ring is 1. The number of nitrogens with two attached hydrogens (primary N) is 1. The molecule has 0 aliphatic rings. The van der Waals surface area contributed by atoms with E-state index in [2.05, 4.69) is 4.98 Å². The summed E-state index contributed by atoms with van der Waals surface area (Å²) in [5.41, 5.74) is 6.69. The first-order valence-corrected chi connectivity index (χ1v) is 5.31. The van der Waals surface area contributed by atoms with Gasteiger partial charge in [0.05, 0.1) is 7.11 Å². The molecule has 0 bridgehead atoms. The normalized spacial score (nSPS) is 10.0. The van der Waals surface area contributed by atoms with Crippen LogP contribution in [0.3, 0.4) is 0 Å². The molecule has 0 amide bonds. The third-order valence-electron chi connectivity index (χ3n) is 2.56. The predicted octanol–water partition coefficient (Wildman–Crippen LogP) is 2.44. The highest BCUT2D eigenvalue weighted by atomic mass is 16.5. The lowest BCUT2D eigenvalue weighted by Crippen LogP contribution is -2.11. The van der Waals surface area contributed by atoms with Crippen molar-refractivity contribution in [3.05, 3.63) is 42.5 Å². The smallest absolute Gasteiger partial charge is 0.135 e. The van der Waals surface area contributed by atoms with E-state index in [9.17, 15) is 0 Å². The highest BCUT2D eigenvalue weighted by Gasteiger charge is 2.05. The molecule has 1 aromatic carbocycles. The van der Waals surface area contributed by atoms with E-state index in [4.69, 9.17) is 10.5 Å². The van der Waals surface area contributed by atoms with Crippen molar-refractivity contribution in [1.82, 2.24) is 4.98 Å². The van der Waals surface area contributed by atoms with Gasteiger partial charge in [-0.05, 0) is 36.4 Å². The zero-order chi connectivity index (χ0) is 12.3. The molecule has 0 aliphatic carbocycles. The standard InChI is InChI=1S/C13H15N3O/c1-16(13-5-3-4-12(14)15-13)10-6-8-11(17-2)9-7-10/h3-9H,1-2H3,(H2,14,15). The van der Waals surface area contributed by atoms with E-state index < -0.39 is 0 Å². The number of hydrogen-bond donors (Lipinski definition) is 1. The topological polar surface area (TPSA) is 51.4 Å². The van der Waals surface area contributed by atoms with Crippen LogP contribution in [-0.4, -0.2) is 19.1 Å². The van der Waals surface area contributed by atoms with E-state index in [0.717, 1.165) is 17.3 Å². The monoisotopic (exact) mass is 229 g/mol. The number of hydrogen-bond acceptors (Lipinski definition) is 4. The van der Waals surface area contributed by atoms with Crippen LogP contribution in [-0.2, 0) is 0 Å². The zero-order valence-corrected chi connectivity index (χ0v) is 9.92. The number of ether oxygens (including phenoxy) is 1. The lowest BCUT2D eigenvalue weighted by molar-refractivity contribution is 0.415. The van der Waals surface area contributed by atoms with Crippen LogP contribution in [0, 0.1) is 0 Å². The maximum absolute atomic E-state index is 5.66. The van der Waals surface area contributed by atoms with Gasteiger partial charge in [-0.3, -0.25) is 0 Å². The Hall–Kier alpha value is -2.23. The molecule has 4 nitrogen and oxygen atoms in total. The lowest BCUT2D eigenvalue weighted by Gasteiger charge is -2.18. The molecule has 0 spiro atoms. The number of aromatic nitrogens is 1. The van der Waals surface area contributed by atoms with E-state index in [-0.39, 0.29) is 0 Å². The molecular formula is C13H15N3O. The fourth-order valence-corrected chi connectivity index (χ4v) is 1.56. The van der Waals surface area contributed by atoms with E-state index in [1.807, 2.05) is 48.3 Å². The van der Waals surface area contributed by atoms with Crippen LogP contribution >= 0.6 is 0 Å². The van der Waals surface area contributed by atoms with Crippen molar-refractivity contribution in [2.24, 2.45) is 0 Å². The van der Waals surface area contributed by atoms with Crippen LogP contribution in [0.1, 0.15) is 0 Å². The van der Waals surface area contributed by atoms with Crippen LogP contribution in [0.25, 0.3) is 0 Å². The van der Waals surface area contributed by atoms with Crippen molar-refractivity contribution >= 4 is 17.3 Å². The zero-order valence-electron chi connectivity index (χ0n) is 9.92. The van der Waals surface area contributed by atoms with Crippen molar-refractivity contribution in [2.45, 2.75) is 0 Å². The molecule has 0 atom stereocenters. The van der Waals surface area contributed by atoms with E-state index in [0.29, 0.717) is 5.82 Å². The summed E-state index contributed by atoms with van der Waals surface area (Å²) < 4.78 is 5.12. The molecule has 0 saturated carbocycles. The Morgan fingerprint density at radius 1 is 1.12 bits per heavy atom. The number of methoxy groups -OCH3 is 1. The van der Waals surface area contributed by atoms with Crippen LogP contribution in [0.5, 0.6) is 5.75 Å². The van der Waals surface area contributed by atoms with Crippen LogP contribution in [0.15, 0.2) is 42.5 Å². The molecule has 2 aromatic rings. The molecule has 4 heteroatoms. The van der Waals surface area contributed by atoms with Crippen LogP contribution in [0.4, 0.5) is 17.3 Å². The van der Waals surface area contributed by atoms with Crippen molar-refractivity contribution in [1.29, 1.82) is 0 Å². The average Bonchev–Trinajstić information content (AvgIpc) is 2.38. The SMILES string of the molecule is COc1ccc(N(C)c2cccc(N)n2)cc1. The first kappa shape index (κ1) is 11.3. The Kier molecular flexibility index (Phi) is 3.14. The van der Waals surface area contributed by atoms with Crippen LogP contribution < -0.4 is 15.4 Å². The second-order valence-corrected chi connectivity index (χ2v) is 3.68. The molecule has 2 rings (SSSR count). The minimum Gasteiger partial charge on any atom is -0.497 e. The highest BCUT2D eigenvalue weighted by Crippen LogP contribution is 2.24. The van der Waals surface area contributed by atoms with Gasteiger partial charge in [0.1, 0.15) is 17.4 Å². The minimum atomic E-state index is 0.517. The van der Waals surface area contributed by atoms with Gasteiger partial charge in [0.2, 0.25) is 0 Å².